The van der Waals surface area contributed by atoms with Crippen LogP contribution in [0.3, 0.4) is 0 Å². The normalized spacial score (nSPS) is 11.1. The minimum Gasteiger partial charge on any atom is -0.307 e. The highest BCUT2D eigenvalue weighted by atomic mass is 16.2. The second-order valence-electron chi connectivity index (χ2n) is 13.7. The summed E-state index contributed by atoms with van der Waals surface area (Å²) in [4.78, 5) is 29.9. The lowest BCUT2D eigenvalue weighted by atomic mass is 9.97. The van der Waals surface area contributed by atoms with Gasteiger partial charge in [-0.05, 0) is 70.1 Å². The monoisotopic (exact) mass is 708 g/mol. The maximum atomic E-state index is 15.3. The molecule has 8 aromatic carbocycles. The molecule has 55 heavy (non-hydrogen) atoms. The maximum Gasteiger partial charge on any atom is 0.267 e. The van der Waals surface area contributed by atoms with Crippen molar-refractivity contribution in [2.24, 2.45) is 0 Å². The van der Waals surface area contributed by atoms with Gasteiger partial charge in [-0.25, -0.2) is 4.90 Å². The van der Waals surface area contributed by atoms with Crippen molar-refractivity contribution in [2.45, 2.75) is 6.92 Å². The van der Waals surface area contributed by atoms with Crippen LogP contribution in [0.25, 0.3) is 72.0 Å². The molecule has 0 atom stereocenters. The first-order valence-electron chi connectivity index (χ1n) is 18.4. The smallest absolute Gasteiger partial charge is 0.267 e. The molecule has 9 rings (SSSR count). The number of fused-ring (bicyclic) bond motifs is 3. The van der Waals surface area contributed by atoms with Crippen molar-refractivity contribution in [1.29, 1.82) is 0 Å². The number of aromatic nitrogens is 1. The fourth-order valence-corrected chi connectivity index (χ4v) is 7.87. The van der Waals surface area contributed by atoms with Gasteiger partial charge < -0.3 is 4.57 Å². The summed E-state index contributed by atoms with van der Waals surface area (Å²) in [5, 5.41) is 2.15. The molecule has 0 radical (unpaired) electrons. The molecule has 9 aromatic rings. The van der Waals surface area contributed by atoms with Gasteiger partial charge in [0.2, 0.25) is 6.41 Å². The standard InChI is InChI=1S/C51H36N2O2/c1-35-17-14-30-47(48(35)51(55)52(34-54)42-32-40(36-18-6-2-7-19-36)31-41(33-42)37-20-8-3-9-21-37)53-49-43(38-22-10-4-11-23-38)26-15-28-45(49)46-29-16-27-44(50(46)53)39-24-12-5-13-25-39/h2-34H,1H3. The fourth-order valence-electron chi connectivity index (χ4n) is 7.87. The zero-order valence-electron chi connectivity index (χ0n) is 30.3. The van der Waals surface area contributed by atoms with E-state index in [1.165, 1.54) is 4.90 Å². The molecule has 0 N–H and O–H groups in total. The summed E-state index contributed by atoms with van der Waals surface area (Å²) in [5.74, 6) is -0.406. The number of hydrogen-bond donors (Lipinski definition) is 0. The van der Waals surface area contributed by atoms with Crippen LogP contribution in [0.1, 0.15) is 15.9 Å². The second kappa shape index (κ2) is 14.3. The highest BCUT2D eigenvalue weighted by Gasteiger charge is 2.27. The van der Waals surface area contributed by atoms with Crippen LogP contribution in [0.2, 0.25) is 0 Å². The Balaban J connectivity index is 1.31. The van der Waals surface area contributed by atoms with Crippen molar-refractivity contribution >= 4 is 39.8 Å². The molecular formula is C51H36N2O2. The maximum absolute atomic E-state index is 15.3. The third kappa shape index (κ3) is 6.00. The largest absolute Gasteiger partial charge is 0.307 e. The zero-order chi connectivity index (χ0) is 37.3. The minimum absolute atomic E-state index is 0.406. The first-order valence-corrected chi connectivity index (χ1v) is 18.4. The Hall–Kier alpha value is -7.30. The Morgan fingerprint density at radius 1 is 0.473 bits per heavy atom. The van der Waals surface area contributed by atoms with Gasteiger partial charge in [-0.3, -0.25) is 9.59 Å². The molecule has 0 aliphatic carbocycles. The van der Waals surface area contributed by atoms with Crippen LogP contribution in [-0.4, -0.2) is 16.9 Å². The van der Waals surface area contributed by atoms with Gasteiger partial charge in [-0.1, -0.05) is 170 Å². The van der Waals surface area contributed by atoms with Gasteiger partial charge in [0, 0.05) is 21.9 Å². The topological polar surface area (TPSA) is 42.3 Å². The molecule has 0 spiro atoms. The van der Waals surface area contributed by atoms with E-state index in [2.05, 4.69) is 71.3 Å². The van der Waals surface area contributed by atoms with E-state index in [1.54, 1.807) is 0 Å². The zero-order valence-corrected chi connectivity index (χ0v) is 30.3. The van der Waals surface area contributed by atoms with Crippen LogP contribution in [0, 0.1) is 6.92 Å². The van der Waals surface area contributed by atoms with Crippen LogP contribution in [0.5, 0.6) is 0 Å². The van der Waals surface area contributed by atoms with E-state index in [1.807, 2.05) is 134 Å². The van der Waals surface area contributed by atoms with Gasteiger partial charge in [0.15, 0.2) is 0 Å². The number of carbonyl (C=O) groups is 2. The number of para-hydroxylation sites is 2. The number of rotatable bonds is 8. The summed E-state index contributed by atoms with van der Waals surface area (Å²) in [7, 11) is 0. The molecule has 4 nitrogen and oxygen atoms in total. The summed E-state index contributed by atoms with van der Waals surface area (Å²) >= 11 is 0. The number of benzene rings is 8. The molecular weight excluding hydrogens is 673 g/mol. The van der Waals surface area contributed by atoms with E-state index in [9.17, 15) is 4.79 Å². The van der Waals surface area contributed by atoms with Gasteiger partial charge in [-0.2, -0.15) is 0 Å². The van der Waals surface area contributed by atoms with Crippen LogP contribution >= 0.6 is 0 Å². The molecule has 4 heteroatoms. The van der Waals surface area contributed by atoms with Crippen molar-refractivity contribution in [2.75, 3.05) is 4.90 Å². The molecule has 262 valence electrons. The van der Waals surface area contributed by atoms with E-state index in [4.69, 9.17) is 0 Å². The van der Waals surface area contributed by atoms with Crippen LogP contribution in [-0.2, 0) is 4.79 Å². The second-order valence-corrected chi connectivity index (χ2v) is 13.7. The predicted molar refractivity (Wildman–Crippen MR) is 227 cm³/mol. The lowest BCUT2D eigenvalue weighted by molar-refractivity contribution is -0.106. The summed E-state index contributed by atoms with van der Waals surface area (Å²) in [6.07, 6.45) is 0.647. The van der Waals surface area contributed by atoms with E-state index >= 15 is 4.79 Å². The van der Waals surface area contributed by atoms with Crippen molar-refractivity contribution in [3.8, 4) is 50.2 Å². The third-order valence-corrected chi connectivity index (χ3v) is 10.4. The van der Waals surface area contributed by atoms with Crippen molar-refractivity contribution in [3.05, 3.63) is 205 Å². The van der Waals surface area contributed by atoms with Crippen molar-refractivity contribution in [1.82, 2.24) is 4.57 Å². The molecule has 0 saturated heterocycles. The number of carbonyl (C=O) groups excluding carboxylic acids is 2. The predicted octanol–water partition coefficient (Wildman–Crippen LogP) is 12.6. The van der Waals surface area contributed by atoms with E-state index < -0.39 is 5.91 Å². The Morgan fingerprint density at radius 2 is 0.909 bits per heavy atom. The molecule has 1 heterocycles. The van der Waals surface area contributed by atoms with Gasteiger partial charge in [-0.15, -0.1) is 0 Å². The lowest BCUT2D eigenvalue weighted by Crippen LogP contribution is -2.31. The Kier molecular flexibility index (Phi) is 8.69. The molecule has 0 bridgehead atoms. The van der Waals surface area contributed by atoms with Gasteiger partial charge >= 0.3 is 0 Å². The lowest BCUT2D eigenvalue weighted by Gasteiger charge is -2.23. The van der Waals surface area contributed by atoms with E-state index in [0.29, 0.717) is 23.3 Å². The molecule has 1 aromatic heterocycles. The Labute approximate surface area is 320 Å². The Morgan fingerprint density at radius 3 is 1.36 bits per heavy atom. The quantitative estimate of drug-likeness (QED) is 0.148. The summed E-state index contributed by atoms with van der Waals surface area (Å²) in [6, 6.07) is 65.5. The number of amides is 2. The number of hydrogen-bond acceptors (Lipinski definition) is 2. The molecule has 0 saturated carbocycles. The number of nitrogens with zero attached hydrogens (tertiary/aromatic N) is 2. The number of imide groups is 1. The SMILES string of the molecule is Cc1cccc(-n2c3c(-c4ccccc4)cccc3c3cccc(-c4ccccc4)c32)c1C(=O)N(C=O)c1cc(-c2ccccc2)cc(-c2ccccc2)c1. The number of aryl methyl sites for hydroxylation is 1. The van der Waals surface area contributed by atoms with E-state index in [0.717, 1.165) is 71.9 Å². The van der Waals surface area contributed by atoms with Gasteiger partial charge in [0.25, 0.3) is 5.91 Å². The molecule has 0 aliphatic rings. The van der Waals surface area contributed by atoms with Crippen molar-refractivity contribution in [3.63, 3.8) is 0 Å². The number of anilines is 1. The molecule has 0 unspecified atom stereocenters. The minimum atomic E-state index is -0.406. The molecule has 0 fully saturated rings. The third-order valence-electron chi connectivity index (χ3n) is 10.4. The highest BCUT2D eigenvalue weighted by Crippen LogP contribution is 2.43. The highest BCUT2D eigenvalue weighted by molar-refractivity contribution is 6.21. The first kappa shape index (κ1) is 33.5. The van der Waals surface area contributed by atoms with Crippen LogP contribution in [0.15, 0.2) is 194 Å². The summed E-state index contributed by atoms with van der Waals surface area (Å²) in [6.45, 7) is 1.94. The average Bonchev–Trinajstić information content (AvgIpc) is 3.60. The fraction of sp³-hybridized carbons (Fsp3) is 0.0196. The molecule has 0 aliphatic heterocycles. The average molecular weight is 709 g/mol. The van der Waals surface area contributed by atoms with Gasteiger partial charge in [0.05, 0.1) is 28.0 Å². The summed E-state index contributed by atoms with van der Waals surface area (Å²) in [5.41, 5.74) is 12.4. The van der Waals surface area contributed by atoms with Crippen LogP contribution in [0.4, 0.5) is 5.69 Å². The van der Waals surface area contributed by atoms with Crippen LogP contribution < -0.4 is 4.90 Å². The Bertz CT molecular complexity index is 2690. The molecule has 2 amide bonds. The van der Waals surface area contributed by atoms with Gasteiger partial charge in [0.1, 0.15) is 0 Å². The van der Waals surface area contributed by atoms with Crippen molar-refractivity contribution < 1.29 is 9.59 Å². The van der Waals surface area contributed by atoms with E-state index in [-0.39, 0.29) is 0 Å². The summed E-state index contributed by atoms with van der Waals surface area (Å²) < 4.78 is 2.24. The first-order chi connectivity index (χ1) is 27.1.